The zero-order valence-electron chi connectivity index (χ0n) is 13.6. The van der Waals surface area contributed by atoms with Gasteiger partial charge in [0.2, 0.25) is 0 Å². The van der Waals surface area contributed by atoms with Gasteiger partial charge in [-0.05, 0) is 63.0 Å². The average molecular weight is 304 g/mol. The van der Waals surface area contributed by atoms with Gasteiger partial charge in [-0.2, -0.15) is 0 Å². The molecule has 0 aromatic heterocycles. The third-order valence-electron chi connectivity index (χ3n) is 4.12. The number of benzene rings is 1. The molecule has 0 bridgehead atoms. The number of carbonyl (C=O) groups is 1. The van der Waals surface area contributed by atoms with Crippen LogP contribution in [-0.2, 0) is 11.2 Å². The highest BCUT2D eigenvalue weighted by atomic mass is 16.5. The van der Waals surface area contributed by atoms with E-state index in [2.05, 4.69) is 17.1 Å². The van der Waals surface area contributed by atoms with Crippen LogP contribution in [0.1, 0.15) is 38.2 Å². The van der Waals surface area contributed by atoms with Crippen molar-refractivity contribution in [2.75, 3.05) is 32.8 Å². The summed E-state index contributed by atoms with van der Waals surface area (Å²) in [5.41, 5.74) is 1.27. The standard InChI is InChI=1S/C18H28N2O2/c1-2-16-7-9-17(10-8-16)22-15-18(21)19-11-6-14-20-12-4-3-5-13-20/h7-10H,2-6,11-15H2,1H3,(H,19,21). The fourth-order valence-corrected chi connectivity index (χ4v) is 2.73. The highest BCUT2D eigenvalue weighted by molar-refractivity contribution is 5.77. The van der Waals surface area contributed by atoms with E-state index >= 15 is 0 Å². The van der Waals surface area contributed by atoms with Gasteiger partial charge in [-0.15, -0.1) is 0 Å². The molecule has 1 amide bonds. The minimum atomic E-state index is -0.0433. The first-order chi connectivity index (χ1) is 10.8. The fourth-order valence-electron chi connectivity index (χ4n) is 2.73. The Hall–Kier alpha value is -1.55. The molecule has 1 N–H and O–H groups in total. The minimum absolute atomic E-state index is 0.0433. The monoisotopic (exact) mass is 304 g/mol. The maximum absolute atomic E-state index is 11.7. The van der Waals surface area contributed by atoms with Crippen LogP contribution in [0, 0.1) is 0 Å². The summed E-state index contributed by atoms with van der Waals surface area (Å²) < 4.78 is 5.49. The number of nitrogens with one attached hydrogen (secondary N) is 1. The predicted molar refractivity (Wildman–Crippen MR) is 89.2 cm³/mol. The summed E-state index contributed by atoms with van der Waals surface area (Å²) in [6, 6.07) is 7.91. The Labute approximate surface area is 133 Å². The Morgan fingerprint density at radius 2 is 1.91 bits per heavy atom. The molecular formula is C18H28N2O2. The Morgan fingerprint density at radius 3 is 2.59 bits per heavy atom. The summed E-state index contributed by atoms with van der Waals surface area (Å²) in [6.45, 7) is 6.45. The van der Waals surface area contributed by atoms with E-state index in [-0.39, 0.29) is 12.5 Å². The van der Waals surface area contributed by atoms with E-state index in [0.717, 1.165) is 31.7 Å². The van der Waals surface area contributed by atoms with Crippen LogP contribution in [0.2, 0.25) is 0 Å². The number of hydrogen-bond donors (Lipinski definition) is 1. The minimum Gasteiger partial charge on any atom is -0.484 e. The van der Waals surface area contributed by atoms with E-state index in [4.69, 9.17) is 4.74 Å². The molecule has 22 heavy (non-hydrogen) atoms. The number of nitrogens with zero attached hydrogens (tertiary/aromatic N) is 1. The van der Waals surface area contributed by atoms with E-state index in [1.807, 2.05) is 24.3 Å². The molecule has 0 radical (unpaired) electrons. The first-order valence-corrected chi connectivity index (χ1v) is 8.48. The van der Waals surface area contributed by atoms with Crippen LogP contribution in [-0.4, -0.2) is 43.6 Å². The quantitative estimate of drug-likeness (QED) is 0.751. The van der Waals surface area contributed by atoms with Crippen LogP contribution >= 0.6 is 0 Å². The maximum atomic E-state index is 11.7. The van der Waals surface area contributed by atoms with Crippen molar-refractivity contribution in [3.63, 3.8) is 0 Å². The van der Waals surface area contributed by atoms with Crippen LogP contribution in [0.3, 0.4) is 0 Å². The van der Waals surface area contributed by atoms with Crippen LogP contribution in [0.5, 0.6) is 5.75 Å². The van der Waals surface area contributed by atoms with Gasteiger partial charge in [0.05, 0.1) is 0 Å². The SMILES string of the molecule is CCc1ccc(OCC(=O)NCCCN2CCCCC2)cc1. The van der Waals surface area contributed by atoms with E-state index in [0.29, 0.717) is 0 Å². The molecule has 0 saturated carbocycles. The lowest BCUT2D eigenvalue weighted by atomic mass is 10.1. The van der Waals surface area contributed by atoms with Gasteiger partial charge in [-0.1, -0.05) is 25.5 Å². The number of carbonyl (C=O) groups excluding carboxylic acids is 1. The van der Waals surface area contributed by atoms with E-state index in [1.165, 1.54) is 37.9 Å². The van der Waals surface area contributed by atoms with Gasteiger partial charge in [0, 0.05) is 6.54 Å². The van der Waals surface area contributed by atoms with Crippen molar-refractivity contribution in [1.82, 2.24) is 10.2 Å². The fraction of sp³-hybridized carbons (Fsp3) is 0.611. The van der Waals surface area contributed by atoms with E-state index < -0.39 is 0 Å². The molecule has 0 atom stereocenters. The van der Waals surface area contributed by atoms with Gasteiger partial charge in [-0.3, -0.25) is 4.79 Å². The smallest absolute Gasteiger partial charge is 0.257 e. The normalized spacial score (nSPS) is 15.5. The molecule has 1 aliphatic heterocycles. The molecule has 1 heterocycles. The predicted octanol–water partition coefficient (Wildman–Crippen LogP) is 2.62. The van der Waals surface area contributed by atoms with E-state index in [1.54, 1.807) is 0 Å². The van der Waals surface area contributed by atoms with Gasteiger partial charge in [0.25, 0.3) is 5.91 Å². The number of ether oxygens (including phenoxy) is 1. The molecule has 4 heteroatoms. The zero-order chi connectivity index (χ0) is 15.6. The Morgan fingerprint density at radius 1 is 1.18 bits per heavy atom. The lowest BCUT2D eigenvalue weighted by Crippen LogP contribution is -2.34. The van der Waals surface area contributed by atoms with Gasteiger partial charge in [0.15, 0.2) is 6.61 Å². The molecule has 1 fully saturated rings. The Bertz CT molecular complexity index is 439. The lowest BCUT2D eigenvalue weighted by molar-refractivity contribution is -0.123. The largest absolute Gasteiger partial charge is 0.484 e. The molecule has 4 nitrogen and oxygen atoms in total. The highest BCUT2D eigenvalue weighted by Crippen LogP contribution is 2.12. The van der Waals surface area contributed by atoms with Crippen molar-refractivity contribution in [2.24, 2.45) is 0 Å². The van der Waals surface area contributed by atoms with Crippen LogP contribution in [0.4, 0.5) is 0 Å². The first-order valence-electron chi connectivity index (χ1n) is 8.48. The summed E-state index contributed by atoms with van der Waals surface area (Å²) >= 11 is 0. The van der Waals surface area contributed by atoms with Gasteiger partial charge in [0.1, 0.15) is 5.75 Å². The molecule has 0 aliphatic carbocycles. The van der Waals surface area contributed by atoms with E-state index in [9.17, 15) is 4.79 Å². The molecule has 1 saturated heterocycles. The molecular weight excluding hydrogens is 276 g/mol. The summed E-state index contributed by atoms with van der Waals surface area (Å²) in [5.74, 6) is 0.707. The molecule has 1 aromatic rings. The Balaban J connectivity index is 1.55. The third kappa shape index (κ3) is 6.06. The topological polar surface area (TPSA) is 41.6 Å². The first kappa shape index (κ1) is 16.8. The number of piperidine rings is 1. The van der Waals surface area contributed by atoms with Crippen LogP contribution < -0.4 is 10.1 Å². The Kier molecular flexibility index (Phi) is 7.23. The molecule has 0 unspecified atom stereocenters. The second-order valence-corrected chi connectivity index (χ2v) is 5.89. The lowest BCUT2D eigenvalue weighted by Gasteiger charge is -2.26. The molecule has 122 valence electrons. The second kappa shape index (κ2) is 9.46. The number of hydrogen-bond acceptors (Lipinski definition) is 3. The van der Waals surface area contributed by atoms with Gasteiger partial charge >= 0.3 is 0 Å². The third-order valence-corrected chi connectivity index (χ3v) is 4.12. The van der Waals surface area contributed by atoms with Crippen molar-refractivity contribution < 1.29 is 9.53 Å². The van der Waals surface area contributed by atoms with Gasteiger partial charge in [-0.25, -0.2) is 0 Å². The van der Waals surface area contributed by atoms with Crippen molar-refractivity contribution in [3.8, 4) is 5.75 Å². The second-order valence-electron chi connectivity index (χ2n) is 5.89. The van der Waals surface area contributed by atoms with Gasteiger partial charge < -0.3 is 15.0 Å². The van der Waals surface area contributed by atoms with Crippen molar-refractivity contribution in [2.45, 2.75) is 39.0 Å². The van der Waals surface area contributed by atoms with Crippen LogP contribution in [0.25, 0.3) is 0 Å². The molecule has 2 rings (SSSR count). The molecule has 0 spiro atoms. The van der Waals surface area contributed by atoms with Crippen molar-refractivity contribution in [1.29, 1.82) is 0 Å². The summed E-state index contributed by atoms with van der Waals surface area (Å²) in [6.07, 6.45) is 6.02. The van der Waals surface area contributed by atoms with Crippen molar-refractivity contribution >= 4 is 5.91 Å². The maximum Gasteiger partial charge on any atom is 0.257 e. The zero-order valence-corrected chi connectivity index (χ0v) is 13.6. The summed E-state index contributed by atoms with van der Waals surface area (Å²) in [5, 5.41) is 2.92. The number of likely N-dealkylation sites (tertiary alicyclic amines) is 1. The van der Waals surface area contributed by atoms with Crippen molar-refractivity contribution in [3.05, 3.63) is 29.8 Å². The number of aryl methyl sites for hydroxylation is 1. The molecule has 1 aromatic carbocycles. The number of rotatable bonds is 8. The highest BCUT2D eigenvalue weighted by Gasteiger charge is 2.09. The average Bonchev–Trinajstić information content (AvgIpc) is 2.58. The molecule has 1 aliphatic rings. The summed E-state index contributed by atoms with van der Waals surface area (Å²) in [4.78, 5) is 14.2. The number of amides is 1. The summed E-state index contributed by atoms with van der Waals surface area (Å²) in [7, 11) is 0. The van der Waals surface area contributed by atoms with Crippen LogP contribution in [0.15, 0.2) is 24.3 Å².